The summed E-state index contributed by atoms with van der Waals surface area (Å²) in [5.41, 5.74) is 1.24. The van der Waals surface area contributed by atoms with Gasteiger partial charge in [0.1, 0.15) is 17.6 Å². The fraction of sp³-hybridized carbons (Fsp3) is 0.143. The normalized spacial score (nSPS) is 10.3. The number of hydrogen-bond acceptors (Lipinski definition) is 3. The predicted octanol–water partition coefficient (Wildman–Crippen LogP) is 3.54. The Labute approximate surface area is 115 Å². The van der Waals surface area contributed by atoms with Gasteiger partial charge in [0, 0.05) is 11.3 Å². The summed E-state index contributed by atoms with van der Waals surface area (Å²) in [5.74, 6) is -0.963. The van der Waals surface area contributed by atoms with Crippen molar-refractivity contribution in [3.05, 3.63) is 64.2 Å². The van der Waals surface area contributed by atoms with Crippen molar-refractivity contribution in [3.8, 4) is 0 Å². The van der Waals surface area contributed by atoms with Gasteiger partial charge in [-0.3, -0.25) is 0 Å². The van der Waals surface area contributed by atoms with Crippen LogP contribution < -0.4 is 0 Å². The molecule has 98 valence electrons. The Bertz CT molecular complexity index is 596. The summed E-state index contributed by atoms with van der Waals surface area (Å²) in [6.07, 6.45) is 0. The van der Waals surface area contributed by atoms with Crippen molar-refractivity contribution < 1.29 is 13.9 Å². The summed E-state index contributed by atoms with van der Waals surface area (Å²) in [5, 5.41) is 0.220. The highest BCUT2D eigenvalue weighted by Crippen LogP contribution is 2.13. The molecule has 0 N–H and O–H groups in total. The third kappa shape index (κ3) is 3.51. The Morgan fingerprint density at radius 1 is 1.37 bits per heavy atom. The van der Waals surface area contributed by atoms with E-state index in [1.807, 2.05) is 0 Å². The average Bonchev–Trinajstić information content (AvgIpc) is 2.36. The van der Waals surface area contributed by atoms with Crippen molar-refractivity contribution in [2.45, 2.75) is 13.5 Å². The lowest BCUT2D eigenvalue weighted by Crippen LogP contribution is -2.07. The van der Waals surface area contributed by atoms with Gasteiger partial charge >= 0.3 is 5.97 Å². The highest BCUT2D eigenvalue weighted by molar-refractivity contribution is 6.29. The first-order valence-electron chi connectivity index (χ1n) is 5.61. The predicted molar refractivity (Wildman–Crippen MR) is 69.5 cm³/mol. The van der Waals surface area contributed by atoms with E-state index < -0.39 is 11.8 Å². The van der Waals surface area contributed by atoms with E-state index in [1.165, 1.54) is 12.1 Å². The van der Waals surface area contributed by atoms with Crippen LogP contribution >= 0.6 is 11.6 Å². The van der Waals surface area contributed by atoms with Crippen LogP contribution in [0, 0.1) is 12.7 Å². The Morgan fingerprint density at radius 2 is 2.11 bits per heavy atom. The summed E-state index contributed by atoms with van der Waals surface area (Å²) in [4.78, 5) is 15.7. The van der Waals surface area contributed by atoms with E-state index >= 15 is 0 Å². The number of benzene rings is 1. The van der Waals surface area contributed by atoms with Crippen LogP contribution in [-0.4, -0.2) is 11.0 Å². The Kier molecular flexibility index (Phi) is 4.12. The van der Waals surface area contributed by atoms with Gasteiger partial charge < -0.3 is 4.74 Å². The molecule has 0 spiro atoms. The lowest BCUT2D eigenvalue weighted by Gasteiger charge is -2.06. The van der Waals surface area contributed by atoms with Gasteiger partial charge in [-0.15, -0.1) is 0 Å². The monoisotopic (exact) mass is 279 g/mol. The molecule has 1 aromatic heterocycles. The zero-order valence-electron chi connectivity index (χ0n) is 10.2. The van der Waals surface area contributed by atoms with E-state index in [4.69, 9.17) is 16.3 Å². The van der Waals surface area contributed by atoms with Crippen LogP contribution in [0.2, 0.25) is 5.15 Å². The van der Waals surface area contributed by atoms with Crippen LogP contribution in [-0.2, 0) is 11.3 Å². The van der Waals surface area contributed by atoms with Crippen LogP contribution in [0.25, 0.3) is 0 Å². The topological polar surface area (TPSA) is 39.2 Å². The molecule has 0 aliphatic carbocycles. The number of halogens is 2. The fourth-order valence-corrected chi connectivity index (χ4v) is 1.84. The number of aryl methyl sites for hydroxylation is 1. The van der Waals surface area contributed by atoms with Gasteiger partial charge in [0.05, 0.1) is 5.56 Å². The van der Waals surface area contributed by atoms with E-state index in [0.717, 1.165) is 0 Å². The summed E-state index contributed by atoms with van der Waals surface area (Å²) >= 11 is 5.76. The van der Waals surface area contributed by atoms with E-state index in [9.17, 15) is 9.18 Å². The molecule has 0 aliphatic rings. The number of aromatic nitrogens is 1. The number of pyridine rings is 1. The molecule has 3 nitrogen and oxygen atoms in total. The third-order valence-electron chi connectivity index (χ3n) is 2.47. The molecule has 2 aromatic rings. The van der Waals surface area contributed by atoms with E-state index in [0.29, 0.717) is 16.8 Å². The van der Waals surface area contributed by atoms with Gasteiger partial charge in [-0.2, -0.15) is 0 Å². The summed E-state index contributed by atoms with van der Waals surface area (Å²) < 4.78 is 18.4. The van der Waals surface area contributed by atoms with E-state index in [-0.39, 0.29) is 11.8 Å². The number of ether oxygens (including phenoxy) is 1. The van der Waals surface area contributed by atoms with Crippen molar-refractivity contribution in [1.82, 2.24) is 4.98 Å². The molecular formula is C14H11ClFNO2. The van der Waals surface area contributed by atoms with Crippen molar-refractivity contribution >= 4 is 17.6 Å². The molecule has 2 rings (SSSR count). The molecule has 0 atom stereocenters. The van der Waals surface area contributed by atoms with Gasteiger partial charge in [-0.1, -0.05) is 29.8 Å². The van der Waals surface area contributed by atoms with Crippen molar-refractivity contribution in [3.63, 3.8) is 0 Å². The maximum Gasteiger partial charge on any atom is 0.338 e. The molecule has 1 heterocycles. The molecule has 0 saturated heterocycles. The van der Waals surface area contributed by atoms with Crippen molar-refractivity contribution in [1.29, 1.82) is 0 Å². The minimum absolute atomic E-state index is 0.121. The van der Waals surface area contributed by atoms with Crippen LogP contribution in [0.15, 0.2) is 36.4 Å². The van der Waals surface area contributed by atoms with E-state index in [1.54, 1.807) is 31.2 Å². The Hall–Kier alpha value is -1.94. The molecular weight excluding hydrogens is 269 g/mol. The first-order valence-corrected chi connectivity index (χ1v) is 5.99. The molecule has 0 amide bonds. The van der Waals surface area contributed by atoms with Crippen LogP contribution in [0.3, 0.4) is 0 Å². The summed E-state index contributed by atoms with van der Waals surface area (Å²) in [7, 11) is 0. The molecule has 1 aromatic carbocycles. The third-order valence-corrected chi connectivity index (χ3v) is 2.67. The number of nitrogens with zero attached hydrogens (tertiary/aromatic N) is 1. The molecule has 0 aliphatic heterocycles. The Morgan fingerprint density at radius 3 is 2.79 bits per heavy atom. The number of esters is 1. The van der Waals surface area contributed by atoms with Gasteiger partial charge in [-0.25, -0.2) is 14.2 Å². The van der Waals surface area contributed by atoms with Gasteiger partial charge in [0.2, 0.25) is 0 Å². The maximum absolute atomic E-state index is 13.3. The summed E-state index contributed by atoms with van der Waals surface area (Å²) in [6.45, 7) is 1.60. The van der Waals surface area contributed by atoms with Gasteiger partial charge in [-0.05, 0) is 25.1 Å². The second-order valence-corrected chi connectivity index (χ2v) is 4.37. The van der Waals surface area contributed by atoms with Gasteiger partial charge in [0.25, 0.3) is 0 Å². The molecule has 0 unspecified atom stereocenters. The molecule has 19 heavy (non-hydrogen) atoms. The lowest BCUT2D eigenvalue weighted by molar-refractivity contribution is 0.0468. The lowest BCUT2D eigenvalue weighted by atomic mass is 10.2. The Balaban J connectivity index is 2.08. The second-order valence-electron chi connectivity index (χ2n) is 3.99. The molecule has 5 heteroatoms. The van der Waals surface area contributed by atoms with Gasteiger partial charge in [0.15, 0.2) is 0 Å². The standard InChI is InChI=1S/C14H11ClFNO2/c1-9-6-11(7-13(15)17-9)14(18)19-8-10-4-2-3-5-12(10)16/h2-7H,8H2,1H3. The number of rotatable bonds is 3. The smallest absolute Gasteiger partial charge is 0.338 e. The summed E-state index contributed by atoms with van der Waals surface area (Å²) in [6, 6.07) is 9.12. The minimum atomic E-state index is -0.560. The zero-order chi connectivity index (χ0) is 13.8. The fourth-order valence-electron chi connectivity index (χ4n) is 1.59. The SMILES string of the molecule is Cc1cc(C(=O)OCc2ccccc2F)cc(Cl)n1. The van der Waals surface area contributed by atoms with E-state index in [2.05, 4.69) is 4.98 Å². The molecule has 0 bridgehead atoms. The molecule has 0 radical (unpaired) electrons. The highest BCUT2D eigenvalue weighted by Gasteiger charge is 2.11. The highest BCUT2D eigenvalue weighted by atomic mass is 35.5. The molecule has 0 saturated carbocycles. The average molecular weight is 280 g/mol. The molecule has 0 fully saturated rings. The second kappa shape index (κ2) is 5.80. The zero-order valence-corrected chi connectivity index (χ0v) is 10.9. The first-order chi connectivity index (χ1) is 9.06. The number of carbonyl (C=O) groups is 1. The van der Waals surface area contributed by atoms with Crippen LogP contribution in [0.4, 0.5) is 4.39 Å². The minimum Gasteiger partial charge on any atom is -0.457 e. The van der Waals surface area contributed by atoms with Crippen molar-refractivity contribution in [2.24, 2.45) is 0 Å². The quantitative estimate of drug-likeness (QED) is 0.637. The first kappa shape index (κ1) is 13.5. The number of hydrogen-bond donors (Lipinski definition) is 0. The number of carbonyl (C=O) groups excluding carboxylic acids is 1. The van der Waals surface area contributed by atoms with Crippen molar-refractivity contribution in [2.75, 3.05) is 0 Å². The van der Waals surface area contributed by atoms with Crippen LogP contribution in [0.1, 0.15) is 21.6 Å². The van der Waals surface area contributed by atoms with Crippen LogP contribution in [0.5, 0.6) is 0 Å². The largest absolute Gasteiger partial charge is 0.457 e. The maximum atomic E-state index is 13.3.